The van der Waals surface area contributed by atoms with Crippen molar-refractivity contribution in [3.05, 3.63) is 57.8 Å². The fraction of sp³-hybridized carbons (Fsp3) is 0.286. The molecule has 2 nitrogen and oxygen atoms in total. The Kier molecular flexibility index (Phi) is 3.94. The number of aryl methyl sites for hydroxylation is 1. The maximum Gasteiger partial charge on any atom is 0.0962 e. The Balaban J connectivity index is 2.25. The predicted molar refractivity (Wildman–Crippen MR) is 72.3 cm³/mol. The zero-order valence-electron chi connectivity index (χ0n) is 9.84. The van der Waals surface area contributed by atoms with Gasteiger partial charge in [-0.25, -0.2) is 0 Å². The van der Waals surface area contributed by atoms with Crippen molar-refractivity contribution >= 4 is 11.3 Å². The fourth-order valence-corrected chi connectivity index (χ4v) is 2.89. The first-order valence-electron chi connectivity index (χ1n) is 5.71. The van der Waals surface area contributed by atoms with Gasteiger partial charge in [0.05, 0.1) is 6.10 Å². The number of rotatable bonds is 4. The van der Waals surface area contributed by atoms with Gasteiger partial charge in [0.2, 0.25) is 0 Å². The Morgan fingerprint density at radius 3 is 2.41 bits per heavy atom. The molecule has 1 aromatic heterocycles. The van der Waals surface area contributed by atoms with E-state index in [4.69, 9.17) is 5.73 Å². The van der Waals surface area contributed by atoms with Gasteiger partial charge in [0.15, 0.2) is 0 Å². The van der Waals surface area contributed by atoms with Gasteiger partial charge in [0.1, 0.15) is 0 Å². The number of thiophene rings is 1. The molecule has 1 heterocycles. The minimum Gasteiger partial charge on any atom is -0.387 e. The molecule has 17 heavy (non-hydrogen) atoms. The molecule has 2 atom stereocenters. The topological polar surface area (TPSA) is 46.2 Å². The van der Waals surface area contributed by atoms with Gasteiger partial charge in [-0.15, -0.1) is 11.3 Å². The highest BCUT2D eigenvalue weighted by Crippen LogP contribution is 2.33. The van der Waals surface area contributed by atoms with Crippen LogP contribution in [0.15, 0.2) is 42.5 Å². The minimum atomic E-state index is -0.513. The van der Waals surface area contributed by atoms with Crippen molar-refractivity contribution in [3.63, 3.8) is 0 Å². The van der Waals surface area contributed by atoms with Crippen molar-refractivity contribution in [1.29, 1.82) is 0 Å². The summed E-state index contributed by atoms with van der Waals surface area (Å²) in [6, 6.07) is 14.0. The van der Waals surface area contributed by atoms with Crippen LogP contribution in [0.2, 0.25) is 0 Å². The van der Waals surface area contributed by atoms with Gasteiger partial charge in [-0.05, 0) is 24.6 Å². The average molecular weight is 247 g/mol. The third-order valence-electron chi connectivity index (χ3n) is 2.92. The van der Waals surface area contributed by atoms with Gasteiger partial charge in [0.25, 0.3) is 0 Å². The maximum absolute atomic E-state index is 10.4. The van der Waals surface area contributed by atoms with Crippen molar-refractivity contribution in [2.24, 2.45) is 5.73 Å². The van der Waals surface area contributed by atoms with E-state index in [1.54, 1.807) is 11.3 Å². The second-order valence-corrected chi connectivity index (χ2v) is 5.47. The zero-order chi connectivity index (χ0) is 12.3. The Morgan fingerprint density at radius 2 is 1.88 bits per heavy atom. The van der Waals surface area contributed by atoms with Crippen LogP contribution in [0.25, 0.3) is 0 Å². The van der Waals surface area contributed by atoms with Gasteiger partial charge >= 0.3 is 0 Å². The number of benzene rings is 1. The van der Waals surface area contributed by atoms with Crippen molar-refractivity contribution in [2.75, 3.05) is 6.54 Å². The molecular formula is C14H17NOS. The van der Waals surface area contributed by atoms with E-state index in [9.17, 15) is 5.11 Å². The van der Waals surface area contributed by atoms with E-state index in [1.165, 1.54) is 4.88 Å². The third kappa shape index (κ3) is 2.75. The first-order valence-corrected chi connectivity index (χ1v) is 6.53. The van der Waals surface area contributed by atoms with E-state index >= 15 is 0 Å². The summed E-state index contributed by atoms with van der Waals surface area (Å²) in [4.78, 5) is 2.20. The van der Waals surface area contributed by atoms with Crippen LogP contribution in [0.4, 0.5) is 0 Å². The number of aliphatic hydroxyl groups excluding tert-OH is 1. The largest absolute Gasteiger partial charge is 0.387 e. The highest BCUT2D eigenvalue weighted by atomic mass is 32.1. The number of aliphatic hydroxyl groups is 1. The van der Waals surface area contributed by atoms with Crippen LogP contribution in [-0.2, 0) is 0 Å². The van der Waals surface area contributed by atoms with Crippen LogP contribution in [-0.4, -0.2) is 11.7 Å². The summed E-state index contributed by atoms with van der Waals surface area (Å²) in [5.41, 5.74) is 6.89. The molecule has 3 heteroatoms. The molecule has 0 radical (unpaired) electrons. The molecule has 1 aromatic carbocycles. The van der Waals surface area contributed by atoms with Crippen LogP contribution >= 0.6 is 11.3 Å². The molecule has 0 saturated heterocycles. The summed E-state index contributed by atoms with van der Waals surface area (Å²) in [5, 5.41) is 10.4. The lowest BCUT2D eigenvalue weighted by molar-refractivity contribution is 0.151. The number of hydrogen-bond acceptors (Lipinski definition) is 3. The number of nitrogens with two attached hydrogens (primary N) is 1. The Bertz CT molecular complexity index is 466. The van der Waals surface area contributed by atoms with E-state index in [1.807, 2.05) is 49.4 Å². The van der Waals surface area contributed by atoms with Crippen molar-refractivity contribution in [1.82, 2.24) is 0 Å². The molecule has 0 aliphatic heterocycles. The van der Waals surface area contributed by atoms with Crippen LogP contribution in [0.5, 0.6) is 0 Å². The molecule has 0 aliphatic rings. The molecule has 0 spiro atoms. The molecule has 2 unspecified atom stereocenters. The van der Waals surface area contributed by atoms with Gasteiger partial charge in [-0.2, -0.15) is 0 Å². The van der Waals surface area contributed by atoms with Crippen LogP contribution in [0.1, 0.15) is 27.3 Å². The molecule has 0 amide bonds. The zero-order valence-corrected chi connectivity index (χ0v) is 10.7. The summed E-state index contributed by atoms with van der Waals surface area (Å²) < 4.78 is 0. The molecule has 2 aromatic rings. The second kappa shape index (κ2) is 5.45. The first kappa shape index (κ1) is 12.3. The second-order valence-electron chi connectivity index (χ2n) is 4.15. The van der Waals surface area contributed by atoms with Gasteiger partial charge < -0.3 is 10.8 Å². The minimum absolute atomic E-state index is 0.0331. The lowest BCUT2D eigenvalue weighted by Gasteiger charge is -2.20. The highest BCUT2D eigenvalue weighted by Gasteiger charge is 2.22. The monoisotopic (exact) mass is 247 g/mol. The lowest BCUT2D eigenvalue weighted by atomic mass is 9.92. The molecular weight excluding hydrogens is 230 g/mol. The average Bonchev–Trinajstić information content (AvgIpc) is 2.78. The van der Waals surface area contributed by atoms with Gasteiger partial charge in [0, 0.05) is 22.2 Å². The molecule has 0 aliphatic carbocycles. The molecule has 0 fully saturated rings. The van der Waals surface area contributed by atoms with E-state index in [0.717, 1.165) is 10.4 Å². The summed E-state index contributed by atoms with van der Waals surface area (Å²) in [5.74, 6) is -0.0331. The van der Waals surface area contributed by atoms with E-state index in [0.29, 0.717) is 6.54 Å². The van der Waals surface area contributed by atoms with E-state index < -0.39 is 6.10 Å². The van der Waals surface area contributed by atoms with E-state index in [2.05, 4.69) is 0 Å². The molecule has 0 bridgehead atoms. The quantitative estimate of drug-likeness (QED) is 0.872. The molecule has 90 valence electrons. The SMILES string of the molecule is Cc1ccc(C(O)C(CN)c2ccccc2)s1. The van der Waals surface area contributed by atoms with Crippen molar-refractivity contribution < 1.29 is 5.11 Å². The molecule has 3 N–H and O–H groups in total. The summed E-state index contributed by atoms with van der Waals surface area (Å²) in [6.07, 6.45) is -0.513. The Morgan fingerprint density at radius 1 is 1.18 bits per heavy atom. The normalized spacial score (nSPS) is 14.5. The Hall–Kier alpha value is -1.16. The molecule has 0 saturated carbocycles. The van der Waals surface area contributed by atoms with E-state index in [-0.39, 0.29) is 5.92 Å². The number of hydrogen-bond donors (Lipinski definition) is 2. The smallest absolute Gasteiger partial charge is 0.0962 e. The first-order chi connectivity index (χ1) is 8.22. The van der Waals surface area contributed by atoms with Crippen molar-refractivity contribution in [2.45, 2.75) is 18.9 Å². The van der Waals surface area contributed by atoms with Gasteiger partial charge in [-0.3, -0.25) is 0 Å². The summed E-state index contributed by atoms with van der Waals surface area (Å²) in [6.45, 7) is 2.49. The standard InChI is InChI=1S/C14H17NOS/c1-10-7-8-13(17-10)14(16)12(9-15)11-5-3-2-4-6-11/h2-8,12,14,16H,9,15H2,1H3. The maximum atomic E-state index is 10.4. The van der Waals surface area contributed by atoms with Crippen LogP contribution < -0.4 is 5.73 Å². The highest BCUT2D eigenvalue weighted by molar-refractivity contribution is 7.12. The third-order valence-corrected chi connectivity index (χ3v) is 3.99. The van der Waals surface area contributed by atoms with Crippen LogP contribution in [0.3, 0.4) is 0 Å². The lowest BCUT2D eigenvalue weighted by Crippen LogP contribution is -2.19. The van der Waals surface area contributed by atoms with Gasteiger partial charge in [-0.1, -0.05) is 30.3 Å². The predicted octanol–water partition coefficient (Wildman–Crippen LogP) is 2.83. The van der Waals surface area contributed by atoms with Crippen LogP contribution in [0, 0.1) is 6.92 Å². The van der Waals surface area contributed by atoms with Crippen molar-refractivity contribution in [3.8, 4) is 0 Å². The fourth-order valence-electron chi connectivity index (χ4n) is 1.96. The molecule has 2 rings (SSSR count). The summed E-state index contributed by atoms with van der Waals surface area (Å²) in [7, 11) is 0. The summed E-state index contributed by atoms with van der Waals surface area (Å²) >= 11 is 1.63. The Labute approximate surface area is 106 Å².